The molecule has 0 aliphatic carbocycles. The van der Waals surface area contributed by atoms with E-state index in [1.54, 1.807) is 6.07 Å². The SMILES string of the molecule is C=CC(=O)OCCOCCOCCOCCOCCOCCOCCOCCOCCOc1ccccc1N. The molecule has 0 amide bonds. The fraction of sp³-hybridized carbons (Fsp3) is 0.667. The molecule has 0 aliphatic rings. The lowest BCUT2D eigenvalue weighted by Gasteiger charge is -2.09. The Kier molecular flexibility index (Phi) is 24.3. The molecule has 0 heterocycles. The second-order valence-electron chi connectivity index (χ2n) is 7.66. The Bertz CT molecular complexity index is 708. The molecule has 0 bridgehead atoms. The average Bonchev–Trinajstić information content (AvgIpc) is 2.95. The molecule has 1 aromatic carbocycles. The number of para-hydroxylation sites is 2. The van der Waals surface area contributed by atoms with Crippen molar-refractivity contribution >= 4 is 11.7 Å². The molecule has 39 heavy (non-hydrogen) atoms. The molecule has 12 nitrogen and oxygen atoms in total. The molecule has 0 aromatic heterocycles. The minimum absolute atomic E-state index is 0.199. The number of nitrogen functional groups attached to an aromatic ring is 1. The molecule has 1 aromatic rings. The molecule has 12 heteroatoms. The first-order valence-corrected chi connectivity index (χ1v) is 13.1. The Hall–Kier alpha value is -2.29. The second kappa shape index (κ2) is 27.3. The lowest BCUT2D eigenvalue weighted by atomic mass is 10.3. The molecule has 224 valence electrons. The molecule has 0 fully saturated rings. The molecule has 0 aliphatic heterocycles. The summed E-state index contributed by atoms with van der Waals surface area (Å²) in [5, 5.41) is 0. The summed E-state index contributed by atoms with van der Waals surface area (Å²) < 4.78 is 53.6. The summed E-state index contributed by atoms with van der Waals surface area (Å²) in [4.78, 5) is 10.8. The van der Waals surface area contributed by atoms with E-state index in [0.29, 0.717) is 124 Å². The van der Waals surface area contributed by atoms with E-state index >= 15 is 0 Å². The Morgan fingerprint density at radius 1 is 0.564 bits per heavy atom. The van der Waals surface area contributed by atoms with Gasteiger partial charge in [0.25, 0.3) is 0 Å². The highest BCUT2D eigenvalue weighted by atomic mass is 16.6. The van der Waals surface area contributed by atoms with E-state index in [2.05, 4.69) is 6.58 Å². The Labute approximate surface area is 231 Å². The summed E-state index contributed by atoms with van der Waals surface area (Å²) in [5.41, 5.74) is 6.42. The van der Waals surface area contributed by atoms with Crippen LogP contribution in [0.4, 0.5) is 5.69 Å². The highest BCUT2D eigenvalue weighted by molar-refractivity contribution is 5.81. The standard InChI is InChI=1S/C27H45NO11/c1-2-27(29)39-24-22-37-20-18-35-16-14-33-12-10-31-8-7-30-9-11-32-13-15-34-17-19-36-21-23-38-26-6-4-3-5-25(26)28/h2-6H,1,7-24,28H2. The fourth-order valence-corrected chi connectivity index (χ4v) is 2.72. The summed E-state index contributed by atoms with van der Waals surface area (Å²) in [7, 11) is 0. The van der Waals surface area contributed by atoms with E-state index in [4.69, 9.17) is 53.1 Å². The smallest absolute Gasteiger partial charge is 0.330 e. The van der Waals surface area contributed by atoms with E-state index in [1.165, 1.54) is 0 Å². The van der Waals surface area contributed by atoms with Crippen LogP contribution in [0.1, 0.15) is 0 Å². The highest BCUT2D eigenvalue weighted by Crippen LogP contribution is 2.19. The maximum atomic E-state index is 10.8. The first-order valence-electron chi connectivity index (χ1n) is 13.1. The van der Waals surface area contributed by atoms with E-state index in [-0.39, 0.29) is 6.61 Å². The molecule has 0 saturated heterocycles. The Balaban J connectivity index is 1.66. The number of ether oxygens (including phenoxy) is 10. The van der Waals surface area contributed by atoms with Crippen LogP contribution >= 0.6 is 0 Å². The third kappa shape index (κ3) is 23.3. The topological polar surface area (TPSA) is 135 Å². The zero-order chi connectivity index (χ0) is 28.1. The van der Waals surface area contributed by atoms with Crippen LogP contribution < -0.4 is 10.5 Å². The second-order valence-corrected chi connectivity index (χ2v) is 7.66. The van der Waals surface area contributed by atoms with Gasteiger partial charge in [0, 0.05) is 6.08 Å². The molecule has 2 N–H and O–H groups in total. The van der Waals surface area contributed by atoms with Crippen molar-refractivity contribution in [1.82, 2.24) is 0 Å². The molecule has 0 unspecified atom stereocenters. The van der Waals surface area contributed by atoms with Crippen molar-refractivity contribution in [2.24, 2.45) is 0 Å². The fourth-order valence-electron chi connectivity index (χ4n) is 2.72. The van der Waals surface area contributed by atoms with Crippen LogP contribution in [0.25, 0.3) is 0 Å². The van der Waals surface area contributed by atoms with Gasteiger partial charge < -0.3 is 53.1 Å². The van der Waals surface area contributed by atoms with Crippen LogP contribution in [-0.4, -0.2) is 125 Å². The molecule has 1 rings (SSSR count). The summed E-state index contributed by atoms with van der Waals surface area (Å²) in [5.74, 6) is 0.206. The van der Waals surface area contributed by atoms with Crippen LogP contribution in [0, 0.1) is 0 Å². The van der Waals surface area contributed by atoms with Crippen molar-refractivity contribution in [2.45, 2.75) is 0 Å². The highest BCUT2D eigenvalue weighted by Gasteiger charge is 1.99. The predicted molar refractivity (Wildman–Crippen MR) is 144 cm³/mol. The van der Waals surface area contributed by atoms with Gasteiger partial charge in [0.2, 0.25) is 0 Å². The van der Waals surface area contributed by atoms with Gasteiger partial charge in [0.15, 0.2) is 0 Å². The maximum absolute atomic E-state index is 10.8. The third-order valence-corrected chi connectivity index (χ3v) is 4.65. The molecule has 0 saturated carbocycles. The van der Waals surface area contributed by atoms with Crippen molar-refractivity contribution in [2.75, 3.05) is 125 Å². The van der Waals surface area contributed by atoms with Gasteiger partial charge in [-0.3, -0.25) is 0 Å². The number of nitrogens with two attached hydrogens (primary N) is 1. The number of carbonyl (C=O) groups is 1. The van der Waals surface area contributed by atoms with Crippen molar-refractivity contribution in [3.05, 3.63) is 36.9 Å². The predicted octanol–water partition coefficient (Wildman–Crippen LogP) is 1.51. The van der Waals surface area contributed by atoms with Gasteiger partial charge in [-0.25, -0.2) is 4.79 Å². The van der Waals surface area contributed by atoms with E-state index in [0.717, 1.165) is 6.08 Å². The molecular formula is C27H45NO11. The zero-order valence-electron chi connectivity index (χ0n) is 22.9. The minimum atomic E-state index is -0.459. The van der Waals surface area contributed by atoms with Gasteiger partial charge in [-0.05, 0) is 12.1 Å². The van der Waals surface area contributed by atoms with Crippen molar-refractivity contribution in [3.63, 3.8) is 0 Å². The first-order chi connectivity index (χ1) is 19.2. The largest absolute Gasteiger partial charge is 0.489 e. The van der Waals surface area contributed by atoms with E-state index in [1.807, 2.05) is 18.2 Å². The number of carbonyl (C=O) groups excluding carboxylic acids is 1. The van der Waals surface area contributed by atoms with Crippen LogP contribution in [0.5, 0.6) is 5.75 Å². The maximum Gasteiger partial charge on any atom is 0.330 e. The monoisotopic (exact) mass is 559 g/mol. The normalized spacial score (nSPS) is 11.0. The van der Waals surface area contributed by atoms with Gasteiger partial charge in [-0.1, -0.05) is 18.7 Å². The van der Waals surface area contributed by atoms with Gasteiger partial charge in [0.1, 0.15) is 19.0 Å². The van der Waals surface area contributed by atoms with Crippen molar-refractivity contribution < 1.29 is 52.2 Å². The van der Waals surface area contributed by atoms with Crippen LogP contribution in [0.2, 0.25) is 0 Å². The van der Waals surface area contributed by atoms with Crippen LogP contribution in [0.3, 0.4) is 0 Å². The van der Waals surface area contributed by atoms with Gasteiger partial charge >= 0.3 is 5.97 Å². The summed E-state index contributed by atoms with van der Waals surface area (Å²) in [6, 6.07) is 7.36. The lowest BCUT2D eigenvalue weighted by Crippen LogP contribution is -2.15. The number of rotatable bonds is 29. The third-order valence-electron chi connectivity index (χ3n) is 4.65. The van der Waals surface area contributed by atoms with Crippen molar-refractivity contribution in [1.29, 1.82) is 0 Å². The average molecular weight is 560 g/mol. The van der Waals surface area contributed by atoms with Crippen LogP contribution in [0.15, 0.2) is 36.9 Å². The van der Waals surface area contributed by atoms with Gasteiger partial charge in [0.05, 0.1) is 111 Å². The number of benzene rings is 1. The Morgan fingerprint density at radius 3 is 1.26 bits per heavy atom. The summed E-state index contributed by atoms with van der Waals surface area (Å²) in [6.07, 6.45) is 1.11. The number of hydrogen-bond acceptors (Lipinski definition) is 12. The molecule has 0 spiro atoms. The van der Waals surface area contributed by atoms with Gasteiger partial charge in [-0.2, -0.15) is 0 Å². The number of anilines is 1. The Morgan fingerprint density at radius 2 is 0.897 bits per heavy atom. The minimum Gasteiger partial charge on any atom is -0.489 e. The van der Waals surface area contributed by atoms with Crippen molar-refractivity contribution in [3.8, 4) is 5.75 Å². The zero-order valence-corrected chi connectivity index (χ0v) is 22.9. The quantitative estimate of drug-likeness (QED) is 0.0660. The van der Waals surface area contributed by atoms with E-state index < -0.39 is 5.97 Å². The summed E-state index contributed by atoms with van der Waals surface area (Å²) >= 11 is 0. The first kappa shape index (κ1) is 34.7. The van der Waals surface area contributed by atoms with E-state index in [9.17, 15) is 4.79 Å². The number of hydrogen-bond donors (Lipinski definition) is 1. The number of esters is 1. The molecule has 0 atom stereocenters. The van der Waals surface area contributed by atoms with Crippen LogP contribution in [-0.2, 0) is 47.4 Å². The molecule has 0 radical (unpaired) electrons. The summed E-state index contributed by atoms with van der Waals surface area (Å²) in [6.45, 7) is 11.5. The lowest BCUT2D eigenvalue weighted by molar-refractivity contribution is -0.139. The van der Waals surface area contributed by atoms with Gasteiger partial charge in [-0.15, -0.1) is 0 Å². The molecular weight excluding hydrogens is 514 g/mol.